The van der Waals surface area contributed by atoms with Crippen molar-refractivity contribution >= 4 is 57.9 Å². The number of hydrogen-bond acceptors (Lipinski definition) is 7. The van der Waals surface area contributed by atoms with E-state index >= 15 is 0 Å². The van der Waals surface area contributed by atoms with Gasteiger partial charge in [0.15, 0.2) is 0 Å². The number of benzene rings is 2. The van der Waals surface area contributed by atoms with Crippen molar-refractivity contribution in [1.29, 1.82) is 0 Å². The van der Waals surface area contributed by atoms with Crippen LogP contribution in [0.1, 0.15) is 26.3 Å². The summed E-state index contributed by atoms with van der Waals surface area (Å²) in [5.74, 6) is 1.40. The van der Waals surface area contributed by atoms with Crippen LogP contribution in [-0.2, 0) is 6.42 Å². The Balaban J connectivity index is 1.42. The summed E-state index contributed by atoms with van der Waals surface area (Å²) in [6, 6.07) is 11.9. The number of ether oxygens (including phenoxy) is 1. The topological polar surface area (TPSA) is 85.9 Å². The number of carbonyl (C=O) groups excluding carboxylic acids is 1. The molecule has 2 heterocycles. The van der Waals surface area contributed by atoms with Gasteiger partial charge in [0.05, 0.1) is 17.8 Å². The van der Waals surface area contributed by atoms with Gasteiger partial charge in [0.25, 0.3) is 0 Å². The van der Waals surface area contributed by atoms with Gasteiger partial charge in [-0.1, -0.05) is 30.1 Å². The molecule has 9 nitrogen and oxygen atoms in total. The Morgan fingerprint density at radius 2 is 1.77 bits per heavy atom. The fourth-order valence-electron chi connectivity index (χ4n) is 4.47. The lowest BCUT2D eigenvalue weighted by Crippen LogP contribution is -2.48. The van der Waals surface area contributed by atoms with Gasteiger partial charge >= 0.3 is 6.03 Å². The molecule has 1 aromatic heterocycles. The van der Waals surface area contributed by atoms with E-state index in [4.69, 9.17) is 27.9 Å². The van der Waals surface area contributed by atoms with E-state index in [0.29, 0.717) is 40.6 Å². The molecule has 39 heavy (non-hydrogen) atoms. The van der Waals surface area contributed by atoms with E-state index in [1.165, 1.54) is 24.0 Å². The number of aryl methyl sites for hydroxylation is 1. The molecular formula is C28H35Cl2N7O2. The number of anilines is 5. The van der Waals surface area contributed by atoms with Crippen LogP contribution in [-0.4, -0.2) is 67.3 Å². The summed E-state index contributed by atoms with van der Waals surface area (Å²) in [7, 11) is 3.13. The zero-order chi connectivity index (χ0) is 28.1. The second-order valence-electron chi connectivity index (χ2n) is 9.63. The van der Waals surface area contributed by atoms with E-state index in [9.17, 15) is 4.79 Å². The van der Waals surface area contributed by atoms with E-state index in [-0.39, 0.29) is 5.02 Å². The maximum absolute atomic E-state index is 13.1. The Morgan fingerprint density at radius 1 is 1.08 bits per heavy atom. The molecule has 4 rings (SSSR count). The monoisotopic (exact) mass is 571 g/mol. The third-order valence-corrected chi connectivity index (χ3v) is 7.73. The Labute approximate surface area is 240 Å². The van der Waals surface area contributed by atoms with Crippen LogP contribution in [0.25, 0.3) is 0 Å². The second-order valence-corrected chi connectivity index (χ2v) is 10.4. The van der Waals surface area contributed by atoms with E-state index in [0.717, 1.165) is 37.4 Å². The molecule has 0 unspecified atom stereocenters. The maximum Gasteiger partial charge on any atom is 0.327 e. The Hall–Kier alpha value is -3.27. The first-order valence-corrected chi connectivity index (χ1v) is 13.7. The van der Waals surface area contributed by atoms with Gasteiger partial charge in [0.2, 0.25) is 0 Å². The minimum absolute atomic E-state index is 0.233. The number of halogens is 2. The van der Waals surface area contributed by atoms with Crippen LogP contribution in [0, 0.1) is 0 Å². The fraction of sp³-hybridized carbons (Fsp3) is 0.393. The average molecular weight is 573 g/mol. The number of carbonyl (C=O) groups is 1. The highest BCUT2D eigenvalue weighted by Crippen LogP contribution is 2.41. The summed E-state index contributed by atoms with van der Waals surface area (Å²) in [4.78, 5) is 27.9. The quantitative estimate of drug-likeness (QED) is 0.328. The lowest BCUT2D eigenvalue weighted by Gasteiger charge is -2.38. The standard InChI is InChI=1S/C28H35Cl2N7O2/c1-6-19-15-22(39-5)26(30)27(25(19)29)34-28(38)35(4)24-16-23(31-17-32-24)33-20-7-9-21(10-8-20)37-13-11-36(12-14-37)18(2)3/h7-10,15-18H,6,11-14H2,1-5H3,(H,34,38)(H,31,32,33). The van der Waals surface area contributed by atoms with Crippen LogP contribution in [0.3, 0.4) is 0 Å². The molecule has 0 bridgehead atoms. The molecule has 2 amide bonds. The molecule has 0 aliphatic carbocycles. The van der Waals surface area contributed by atoms with Crippen molar-refractivity contribution in [3.05, 3.63) is 58.3 Å². The summed E-state index contributed by atoms with van der Waals surface area (Å²) in [6.07, 6.45) is 2.06. The van der Waals surface area contributed by atoms with Gasteiger partial charge in [-0.25, -0.2) is 14.8 Å². The van der Waals surface area contributed by atoms with Gasteiger partial charge < -0.3 is 20.3 Å². The van der Waals surface area contributed by atoms with Crippen molar-refractivity contribution in [2.45, 2.75) is 33.2 Å². The molecule has 1 aliphatic heterocycles. The molecular weight excluding hydrogens is 537 g/mol. The Morgan fingerprint density at radius 3 is 2.38 bits per heavy atom. The molecule has 1 fully saturated rings. The van der Waals surface area contributed by atoms with Crippen molar-refractivity contribution < 1.29 is 9.53 Å². The highest BCUT2D eigenvalue weighted by molar-refractivity contribution is 6.41. The van der Waals surface area contributed by atoms with Crippen LogP contribution >= 0.6 is 23.2 Å². The molecule has 0 radical (unpaired) electrons. The number of urea groups is 1. The van der Waals surface area contributed by atoms with Gasteiger partial charge in [0.1, 0.15) is 28.7 Å². The van der Waals surface area contributed by atoms with Crippen molar-refractivity contribution in [2.24, 2.45) is 0 Å². The highest BCUT2D eigenvalue weighted by Gasteiger charge is 2.21. The van der Waals surface area contributed by atoms with Crippen LogP contribution in [0.2, 0.25) is 10.0 Å². The van der Waals surface area contributed by atoms with Gasteiger partial charge in [-0.05, 0) is 56.2 Å². The molecule has 208 valence electrons. The van der Waals surface area contributed by atoms with Gasteiger partial charge in [-0.15, -0.1) is 0 Å². The molecule has 1 saturated heterocycles. The largest absolute Gasteiger partial charge is 0.495 e. The number of amides is 2. The lowest BCUT2D eigenvalue weighted by molar-refractivity contribution is 0.209. The Bertz CT molecular complexity index is 1270. The minimum atomic E-state index is -0.458. The van der Waals surface area contributed by atoms with Crippen LogP contribution in [0.5, 0.6) is 5.75 Å². The smallest absolute Gasteiger partial charge is 0.327 e. The van der Waals surface area contributed by atoms with Gasteiger partial charge in [-0.3, -0.25) is 9.80 Å². The lowest BCUT2D eigenvalue weighted by atomic mass is 10.1. The molecule has 2 N–H and O–H groups in total. The van der Waals surface area contributed by atoms with Crippen LogP contribution < -0.4 is 25.2 Å². The van der Waals surface area contributed by atoms with E-state index in [1.807, 2.05) is 19.1 Å². The SMILES string of the molecule is CCc1cc(OC)c(Cl)c(NC(=O)N(C)c2cc(Nc3ccc(N4CCN(C(C)C)CC4)cc3)ncn2)c1Cl. The van der Waals surface area contributed by atoms with E-state index in [2.05, 4.69) is 56.4 Å². The molecule has 3 aromatic rings. The molecule has 0 saturated carbocycles. The van der Waals surface area contributed by atoms with Crippen molar-refractivity contribution in [1.82, 2.24) is 14.9 Å². The van der Waals surface area contributed by atoms with Crippen LogP contribution in [0.4, 0.5) is 33.5 Å². The summed E-state index contributed by atoms with van der Waals surface area (Å²) in [6.45, 7) is 10.6. The fourth-order valence-corrected chi connectivity index (χ4v) is 5.13. The summed E-state index contributed by atoms with van der Waals surface area (Å²) in [5, 5.41) is 6.70. The minimum Gasteiger partial charge on any atom is -0.495 e. The first kappa shape index (κ1) is 28.7. The first-order valence-electron chi connectivity index (χ1n) is 13.0. The first-order chi connectivity index (χ1) is 18.7. The third-order valence-electron chi connectivity index (χ3n) is 6.93. The van der Waals surface area contributed by atoms with E-state index < -0.39 is 6.03 Å². The number of rotatable bonds is 8. The summed E-state index contributed by atoms with van der Waals surface area (Å²) < 4.78 is 5.35. The summed E-state index contributed by atoms with van der Waals surface area (Å²) in [5.41, 5.74) is 3.20. The van der Waals surface area contributed by atoms with Gasteiger partial charge in [0, 0.05) is 56.7 Å². The number of aromatic nitrogens is 2. The number of nitrogens with one attached hydrogen (secondary N) is 2. The van der Waals surface area contributed by atoms with E-state index in [1.54, 1.807) is 19.2 Å². The predicted octanol–water partition coefficient (Wildman–Crippen LogP) is 6.30. The molecule has 0 atom stereocenters. The predicted molar refractivity (Wildman–Crippen MR) is 160 cm³/mol. The number of piperazine rings is 1. The summed E-state index contributed by atoms with van der Waals surface area (Å²) >= 11 is 13.0. The van der Waals surface area contributed by atoms with Crippen molar-refractivity contribution in [2.75, 3.05) is 60.8 Å². The van der Waals surface area contributed by atoms with Crippen molar-refractivity contribution in [3.63, 3.8) is 0 Å². The third kappa shape index (κ3) is 6.66. The van der Waals surface area contributed by atoms with Crippen LogP contribution in [0.15, 0.2) is 42.7 Å². The van der Waals surface area contributed by atoms with Gasteiger partial charge in [-0.2, -0.15) is 0 Å². The zero-order valence-corrected chi connectivity index (χ0v) is 24.5. The molecule has 1 aliphatic rings. The van der Waals surface area contributed by atoms with Crippen molar-refractivity contribution in [3.8, 4) is 5.75 Å². The Kier molecular flexibility index (Phi) is 9.37. The second kappa shape index (κ2) is 12.7. The normalized spacial score (nSPS) is 13.9. The maximum atomic E-state index is 13.1. The zero-order valence-electron chi connectivity index (χ0n) is 23.0. The number of methoxy groups -OCH3 is 1. The number of nitrogens with zero attached hydrogens (tertiary/aromatic N) is 5. The number of hydrogen-bond donors (Lipinski definition) is 2. The molecule has 11 heteroatoms. The highest BCUT2D eigenvalue weighted by atomic mass is 35.5. The molecule has 0 spiro atoms. The molecule has 2 aromatic carbocycles. The average Bonchev–Trinajstić information content (AvgIpc) is 2.95.